The number of hydrogen-bond acceptors (Lipinski definition) is 5. The van der Waals surface area contributed by atoms with Crippen LogP contribution >= 0.6 is 0 Å². The van der Waals surface area contributed by atoms with E-state index in [1.807, 2.05) is 31.2 Å². The lowest BCUT2D eigenvalue weighted by molar-refractivity contribution is -0.121. The molecule has 1 aliphatic rings. The Morgan fingerprint density at radius 2 is 1.62 bits per heavy atom. The minimum atomic E-state index is -4.06. The highest BCUT2D eigenvalue weighted by Gasteiger charge is 2.39. The van der Waals surface area contributed by atoms with Gasteiger partial charge in [-0.25, -0.2) is 8.42 Å². The van der Waals surface area contributed by atoms with E-state index in [4.69, 9.17) is 9.47 Å². The maximum atomic E-state index is 13.8. The van der Waals surface area contributed by atoms with E-state index in [0.29, 0.717) is 24.5 Å². The second-order valence-corrected chi connectivity index (χ2v) is 10.9. The van der Waals surface area contributed by atoms with Crippen molar-refractivity contribution in [2.24, 2.45) is 0 Å². The van der Waals surface area contributed by atoms with Gasteiger partial charge in [-0.2, -0.15) is 0 Å². The highest BCUT2D eigenvalue weighted by molar-refractivity contribution is 7.92. The molecule has 7 nitrogen and oxygen atoms in total. The topological polar surface area (TPSA) is 84.9 Å². The van der Waals surface area contributed by atoms with E-state index >= 15 is 0 Å². The third kappa shape index (κ3) is 5.59. The molecule has 4 rings (SSSR count). The Hall–Kier alpha value is -3.52. The molecule has 37 heavy (non-hydrogen) atoms. The summed E-state index contributed by atoms with van der Waals surface area (Å²) in [5.41, 5.74) is 0.802. The number of rotatable bonds is 10. The molecule has 1 amide bonds. The fourth-order valence-corrected chi connectivity index (χ4v) is 6.21. The smallest absolute Gasteiger partial charge is 0.264 e. The van der Waals surface area contributed by atoms with Gasteiger partial charge in [-0.15, -0.1) is 0 Å². The summed E-state index contributed by atoms with van der Waals surface area (Å²) in [5, 5.41) is 3.11. The zero-order valence-corrected chi connectivity index (χ0v) is 22.3. The summed E-state index contributed by atoms with van der Waals surface area (Å²) in [6, 6.07) is 22.4. The van der Waals surface area contributed by atoms with Gasteiger partial charge in [0.2, 0.25) is 5.91 Å². The first-order chi connectivity index (χ1) is 17.8. The fourth-order valence-electron chi connectivity index (χ4n) is 4.76. The van der Waals surface area contributed by atoms with Gasteiger partial charge in [0.15, 0.2) is 0 Å². The van der Waals surface area contributed by atoms with E-state index < -0.39 is 28.1 Å². The maximum absolute atomic E-state index is 13.8. The molecule has 0 spiro atoms. The molecule has 8 heteroatoms. The first kappa shape index (κ1) is 26.5. The molecule has 0 saturated heterocycles. The summed E-state index contributed by atoms with van der Waals surface area (Å²) in [6.07, 6.45) is 2.19. The lowest BCUT2D eigenvalue weighted by Gasteiger charge is -2.41. The molecule has 1 heterocycles. The quantitative estimate of drug-likeness (QED) is 0.381. The predicted molar refractivity (Wildman–Crippen MR) is 144 cm³/mol. The summed E-state index contributed by atoms with van der Waals surface area (Å²) < 4.78 is 40.8. The lowest BCUT2D eigenvalue weighted by Crippen LogP contribution is -2.47. The van der Waals surface area contributed by atoms with Crippen molar-refractivity contribution in [3.63, 3.8) is 0 Å². The zero-order valence-electron chi connectivity index (χ0n) is 21.5. The minimum absolute atomic E-state index is 0.0986. The largest absolute Gasteiger partial charge is 0.492 e. The van der Waals surface area contributed by atoms with Gasteiger partial charge >= 0.3 is 0 Å². The molecule has 1 atom stereocenters. The van der Waals surface area contributed by atoms with E-state index in [0.717, 1.165) is 28.5 Å². The summed E-state index contributed by atoms with van der Waals surface area (Å²) >= 11 is 0. The summed E-state index contributed by atoms with van der Waals surface area (Å²) in [7, 11) is -4.06. The van der Waals surface area contributed by atoms with Crippen LogP contribution < -0.4 is 19.1 Å². The first-order valence-corrected chi connectivity index (χ1v) is 14.1. The second-order valence-electron chi connectivity index (χ2n) is 9.08. The molecule has 0 aromatic heterocycles. The van der Waals surface area contributed by atoms with Crippen LogP contribution in [0.4, 0.5) is 5.69 Å². The summed E-state index contributed by atoms with van der Waals surface area (Å²) in [4.78, 5) is 13.6. The van der Waals surface area contributed by atoms with Crippen molar-refractivity contribution in [2.75, 3.05) is 17.5 Å². The van der Waals surface area contributed by atoms with Crippen LogP contribution in [0.3, 0.4) is 0 Å². The van der Waals surface area contributed by atoms with Crippen LogP contribution in [0.5, 0.6) is 11.5 Å². The number of para-hydroxylation sites is 3. The molecule has 0 radical (unpaired) electrons. The SMILES string of the molecule is CCOc1ccccc1N(CC(=O)N[C@H]1CC(CC)(CC)Oc2ccccc21)S(=O)(=O)c1ccccc1. The van der Waals surface area contributed by atoms with Crippen molar-refractivity contribution in [2.45, 2.75) is 56.6 Å². The van der Waals surface area contributed by atoms with Crippen LogP contribution in [0, 0.1) is 0 Å². The number of carbonyl (C=O) groups excluding carboxylic acids is 1. The standard InChI is InChI=1S/C29H34N2O5S/c1-4-29(5-2)20-24(23-16-10-12-18-26(23)36-29)30-28(32)21-31(25-17-11-13-19-27(25)35-6-3)37(33,34)22-14-8-7-9-15-22/h7-19,24H,4-6,20-21H2,1-3H3,(H,30,32)/t24-/m0/s1. The summed E-state index contributed by atoms with van der Waals surface area (Å²) in [5.74, 6) is 0.733. The van der Waals surface area contributed by atoms with E-state index in [1.165, 1.54) is 12.1 Å². The molecule has 3 aromatic carbocycles. The molecule has 0 fully saturated rings. The molecule has 0 unspecified atom stereocenters. The number of ether oxygens (including phenoxy) is 2. The Bertz CT molecular complexity index is 1320. The molecule has 1 N–H and O–H groups in total. The Morgan fingerprint density at radius 1 is 0.973 bits per heavy atom. The van der Waals surface area contributed by atoms with Crippen LogP contribution in [-0.4, -0.2) is 33.1 Å². The Morgan fingerprint density at radius 3 is 2.32 bits per heavy atom. The third-order valence-corrected chi connectivity index (χ3v) is 8.65. The van der Waals surface area contributed by atoms with Crippen molar-refractivity contribution in [1.82, 2.24) is 5.32 Å². The van der Waals surface area contributed by atoms with Crippen LogP contribution in [0.15, 0.2) is 83.8 Å². The molecule has 0 saturated carbocycles. The fraction of sp³-hybridized carbons (Fsp3) is 0.345. The van der Waals surface area contributed by atoms with Gasteiger partial charge in [0.25, 0.3) is 10.0 Å². The normalized spacial score (nSPS) is 16.2. The molecule has 196 valence electrons. The van der Waals surface area contributed by atoms with E-state index in [-0.39, 0.29) is 10.9 Å². The van der Waals surface area contributed by atoms with Gasteiger partial charge in [0.05, 0.1) is 23.2 Å². The maximum Gasteiger partial charge on any atom is 0.264 e. The van der Waals surface area contributed by atoms with Gasteiger partial charge < -0.3 is 14.8 Å². The first-order valence-electron chi connectivity index (χ1n) is 12.7. The van der Waals surface area contributed by atoms with Crippen molar-refractivity contribution >= 4 is 21.6 Å². The van der Waals surface area contributed by atoms with E-state index in [9.17, 15) is 13.2 Å². The van der Waals surface area contributed by atoms with Crippen molar-refractivity contribution in [3.05, 3.63) is 84.4 Å². The van der Waals surface area contributed by atoms with Gasteiger partial charge in [0, 0.05) is 12.0 Å². The van der Waals surface area contributed by atoms with Crippen LogP contribution in [0.2, 0.25) is 0 Å². The highest BCUT2D eigenvalue weighted by Crippen LogP contribution is 2.42. The average molecular weight is 523 g/mol. The number of anilines is 1. The van der Waals surface area contributed by atoms with Gasteiger partial charge in [-0.3, -0.25) is 9.10 Å². The Balaban J connectivity index is 1.68. The second kappa shape index (κ2) is 11.3. The van der Waals surface area contributed by atoms with Gasteiger partial charge in [-0.1, -0.05) is 62.4 Å². The molecule has 0 aliphatic carbocycles. The van der Waals surface area contributed by atoms with Crippen LogP contribution in [-0.2, 0) is 14.8 Å². The lowest BCUT2D eigenvalue weighted by atomic mass is 9.83. The average Bonchev–Trinajstić information content (AvgIpc) is 2.92. The minimum Gasteiger partial charge on any atom is -0.492 e. The van der Waals surface area contributed by atoms with Gasteiger partial charge in [-0.05, 0) is 50.1 Å². The zero-order chi connectivity index (χ0) is 26.5. The van der Waals surface area contributed by atoms with Crippen molar-refractivity contribution in [3.8, 4) is 11.5 Å². The number of nitrogens with one attached hydrogen (secondary N) is 1. The number of nitrogens with zero attached hydrogens (tertiary/aromatic N) is 1. The number of benzene rings is 3. The number of fused-ring (bicyclic) bond motifs is 1. The molecule has 1 aliphatic heterocycles. The number of hydrogen-bond donors (Lipinski definition) is 1. The van der Waals surface area contributed by atoms with Crippen LogP contribution in [0.1, 0.15) is 51.6 Å². The monoisotopic (exact) mass is 522 g/mol. The van der Waals surface area contributed by atoms with Crippen LogP contribution in [0.25, 0.3) is 0 Å². The molecule has 0 bridgehead atoms. The number of carbonyl (C=O) groups is 1. The summed E-state index contributed by atoms with van der Waals surface area (Å²) in [6.45, 7) is 5.95. The number of amides is 1. The molecule has 3 aromatic rings. The predicted octanol–water partition coefficient (Wildman–Crippen LogP) is 5.48. The van der Waals surface area contributed by atoms with Crippen molar-refractivity contribution in [1.29, 1.82) is 0 Å². The molecular formula is C29H34N2O5S. The van der Waals surface area contributed by atoms with Crippen molar-refractivity contribution < 1.29 is 22.7 Å². The van der Waals surface area contributed by atoms with E-state index in [2.05, 4.69) is 19.2 Å². The van der Waals surface area contributed by atoms with E-state index in [1.54, 1.807) is 42.5 Å². The Kier molecular flexibility index (Phi) is 8.07. The highest BCUT2D eigenvalue weighted by atomic mass is 32.2. The third-order valence-electron chi connectivity index (χ3n) is 6.87. The van der Waals surface area contributed by atoms with Gasteiger partial charge in [0.1, 0.15) is 23.6 Å². The Labute approximate surface area is 219 Å². The molecular weight excluding hydrogens is 488 g/mol. The number of sulfonamides is 1.